The van der Waals surface area contributed by atoms with E-state index in [-0.39, 0.29) is 171 Å². The number of nitrogens with two attached hydrogens (primary N) is 3. The molecule has 19 N–H and O–H groups in total. The maximum absolute atomic E-state index is 15.8. The van der Waals surface area contributed by atoms with E-state index in [1.165, 1.54) is 56.9 Å². The molecule has 0 radical (unpaired) electrons. The molecule has 6 aliphatic heterocycles. The van der Waals surface area contributed by atoms with Crippen molar-refractivity contribution < 1.29 is 111 Å². The lowest BCUT2D eigenvalue weighted by atomic mass is 10.0. The van der Waals surface area contributed by atoms with Crippen molar-refractivity contribution in [2.45, 2.75) is 266 Å². The van der Waals surface area contributed by atoms with Gasteiger partial charge in [0.2, 0.25) is 100 Å². The lowest BCUT2D eigenvalue weighted by molar-refractivity contribution is -0.146. The summed E-state index contributed by atoms with van der Waals surface area (Å²) in [7, 11) is 1.35. The lowest BCUT2D eigenvalue weighted by Crippen LogP contribution is -2.61. The number of phenols is 1. The molecule has 128 heavy (non-hydrogen) atoms. The third kappa shape index (κ3) is 26.9. The van der Waals surface area contributed by atoms with Crippen LogP contribution in [0.25, 0.3) is 0 Å². The Hall–Kier alpha value is -13.2. The Morgan fingerprint density at radius 1 is 0.453 bits per heavy atom. The van der Waals surface area contributed by atoms with Crippen molar-refractivity contribution in [2.24, 2.45) is 29.0 Å². The van der Waals surface area contributed by atoms with Crippen molar-refractivity contribution in [2.75, 3.05) is 39.8 Å². The number of primary amides is 3. The van der Waals surface area contributed by atoms with Crippen molar-refractivity contribution in [3.8, 4) is 5.75 Å². The van der Waals surface area contributed by atoms with Gasteiger partial charge in [-0.2, -0.15) is 0 Å². The summed E-state index contributed by atoms with van der Waals surface area (Å²) in [5.41, 5.74) is 17.3. The first-order valence-corrected chi connectivity index (χ1v) is 43.3. The number of benzene rings is 2. The summed E-state index contributed by atoms with van der Waals surface area (Å²) in [5, 5.41) is 64.4. The van der Waals surface area contributed by atoms with Crippen molar-refractivity contribution in [3.63, 3.8) is 0 Å². The number of carboxylic acids is 2. The highest BCUT2D eigenvalue weighted by Crippen LogP contribution is 2.32. The van der Waals surface area contributed by atoms with Gasteiger partial charge in [0.25, 0.3) is 5.91 Å². The molecule has 0 bridgehead atoms. The first kappa shape index (κ1) is 98.6. The van der Waals surface area contributed by atoms with Crippen LogP contribution in [0.4, 0.5) is 0 Å². The van der Waals surface area contributed by atoms with Gasteiger partial charge in [-0.25, -0.2) is 9.48 Å². The molecule has 6 aliphatic rings. The standard InChI is InChI=1S/C84H117N21O23/c1-44(2)37-55(94-71(114)50-26-31-68(110)89-50)73(116)91-52(23-28-65(85)107)79(122)101-34-10-17-62(101)76(119)97-58(39-46-13-7-6-8-14-46)83(126)104-42-48(105-43-59(98-99-105)70(113)88-5)41-64(104)78(121)92-53(24-29-66(86)108)80(123)100-33-9-15-60(100)74(117)90-51(27-32-69(111)112)72(115)95-56(38-45(3)4)81(124)102-35-12-18-63(102)77(120)96-57(40-47-19-21-49(106)22-20-47)82(125)103-36-11-16-61(103)75(118)93-54(84(127)128)25-30-67(87)109/h6-8,13-14,19-22,43-45,48,50-58,60-64,106H,9-12,15-18,23-42H2,1-5H3,(H2,85,107)(H2,86,108)(H2,87,109)(H,88,113)(H,89,110)(H,90,117)(H,91,116)(H,92,121)(H,93,118)(H,94,114)(H,95,115)(H,96,120)(H,97,119)(H,111,112)(H,127,128)/t48-,50-,51-,52-,53-,54-,55-,56-,57-,58-,60-,61-,62-,63-,64-/m0/s1. The summed E-state index contributed by atoms with van der Waals surface area (Å²) in [4.78, 5) is 284. The van der Waals surface area contributed by atoms with E-state index in [0.717, 1.165) is 9.80 Å². The van der Waals surface area contributed by atoms with Gasteiger partial charge in [-0.05, 0) is 131 Å². The Bertz CT molecular complexity index is 4620. The molecule has 2 aromatic carbocycles. The summed E-state index contributed by atoms with van der Waals surface area (Å²) < 4.78 is 1.25. The number of nitrogens with zero attached hydrogens (tertiary/aromatic N) is 8. The second-order valence-corrected chi connectivity index (χ2v) is 34.1. The highest BCUT2D eigenvalue weighted by molar-refractivity contribution is 6.02. The Labute approximate surface area is 737 Å². The maximum Gasteiger partial charge on any atom is 0.326 e. The number of carboxylic acid groups (broad SMARTS) is 2. The van der Waals surface area contributed by atoms with E-state index in [1.807, 2.05) is 0 Å². The Kier molecular flexibility index (Phi) is 35.3. The second kappa shape index (κ2) is 45.8. The number of aromatic hydroxyl groups is 1. The minimum atomic E-state index is -1.72. The molecule has 44 nitrogen and oxygen atoms in total. The Balaban J connectivity index is 0.927. The summed E-state index contributed by atoms with van der Waals surface area (Å²) in [6.45, 7) is 6.46. The molecule has 6 saturated heterocycles. The van der Waals surface area contributed by atoms with Gasteiger partial charge < -0.3 is 110 Å². The first-order valence-electron chi connectivity index (χ1n) is 43.3. The van der Waals surface area contributed by atoms with Crippen molar-refractivity contribution in [1.29, 1.82) is 0 Å². The molecule has 6 fully saturated rings. The van der Waals surface area contributed by atoms with Crippen LogP contribution in [0.15, 0.2) is 60.8 Å². The van der Waals surface area contributed by atoms with Gasteiger partial charge in [0.1, 0.15) is 90.3 Å². The van der Waals surface area contributed by atoms with Gasteiger partial charge in [0.05, 0.1) is 12.2 Å². The third-order valence-electron chi connectivity index (χ3n) is 23.6. The van der Waals surface area contributed by atoms with Crippen LogP contribution in [-0.4, -0.2) is 297 Å². The van der Waals surface area contributed by atoms with Crippen molar-refractivity contribution >= 4 is 118 Å². The van der Waals surface area contributed by atoms with Crippen LogP contribution in [0.3, 0.4) is 0 Å². The third-order valence-corrected chi connectivity index (χ3v) is 23.6. The number of carbonyl (C=O) groups is 20. The lowest BCUT2D eigenvalue weighted by Gasteiger charge is -2.33. The smallest absolute Gasteiger partial charge is 0.326 e. The molecule has 3 aromatic rings. The highest BCUT2D eigenvalue weighted by Gasteiger charge is 2.49. The van der Waals surface area contributed by atoms with E-state index in [2.05, 4.69) is 63.5 Å². The zero-order chi connectivity index (χ0) is 93.5. The van der Waals surface area contributed by atoms with Crippen LogP contribution >= 0.6 is 0 Å². The van der Waals surface area contributed by atoms with Crippen LogP contribution in [0.1, 0.15) is 190 Å². The van der Waals surface area contributed by atoms with Gasteiger partial charge in [0, 0.05) is 91.1 Å². The topological polar surface area (TPSA) is 647 Å². The highest BCUT2D eigenvalue weighted by atomic mass is 16.4. The Morgan fingerprint density at radius 2 is 0.844 bits per heavy atom. The minimum absolute atomic E-state index is 0.0115. The van der Waals surface area contributed by atoms with Gasteiger partial charge in [-0.3, -0.25) is 91.1 Å². The van der Waals surface area contributed by atoms with Gasteiger partial charge in [-0.15, -0.1) is 5.10 Å². The number of phenolic OH excluding ortho intramolecular Hbond substituents is 1. The predicted molar refractivity (Wildman–Crippen MR) is 449 cm³/mol. The molecular weight excluding hydrogens is 1670 g/mol. The molecular formula is C84H117N21O23. The largest absolute Gasteiger partial charge is 0.508 e. The summed E-state index contributed by atoms with van der Waals surface area (Å²) >= 11 is 0. The predicted octanol–water partition coefficient (Wildman–Crippen LogP) is -4.07. The number of aromatic nitrogens is 3. The van der Waals surface area contributed by atoms with Crippen LogP contribution in [0, 0.1) is 11.8 Å². The number of aliphatic carboxylic acids is 2. The molecule has 0 unspecified atom stereocenters. The second-order valence-electron chi connectivity index (χ2n) is 34.1. The van der Waals surface area contributed by atoms with E-state index in [0.29, 0.717) is 17.5 Å². The number of hydrogen-bond donors (Lipinski definition) is 16. The number of amides is 18. The number of likely N-dealkylation sites (tertiary alicyclic amines) is 5. The normalized spacial score (nSPS) is 20.9. The van der Waals surface area contributed by atoms with Crippen LogP contribution in [0.5, 0.6) is 5.75 Å². The molecule has 0 spiro atoms. The quantitative estimate of drug-likeness (QED) is 0.0256. The molecule has 0 saturated carbocycles. The van der Waals surface area contributed by atoms with Gasteiger partial charge in [-0.1, -0.05) is 75.4 Å². The first-order chi connectivity index (χ1) is 60.8. The van der Waals surface area contributed by atoms with Crippen LogP contribution in [0.2, 0.25) is 0 Å². The molecule has 9 rings (SSSR count). The number of nitrogens with one attached hydrogen (secondary N) is 10. The monoisotopic (exact) mass is 1790 g/mol. The summed E-state index contributed by atoms with van der Waals surface area (Å²) in [6.07, 6.45) is -1.87. The summed E-state index contributed by atoms with van der Waals surface area (Å²) in [6, 6.07) is -6.71. The van der Waals surface area contributed by atoms with Crippen molar-refractivity contribution in [1.82, 2.24) is 92.7 Å². The average molecular weight is 1790 g/mol. The maximum atomic E-state index is 15.8. The van der Waals surface area contributed by atoms with E-state index in [1.54, 1.807) is 58.0 Å². The molecule has 7 heterocycles. The van der Waals surface area contributed by atoms with Crippen LogP contribution < -0.4 is 70.4 Å². The van der Waals surface area contributed by atoms with E-state index < -0.39 is 235 Å². The number of carbonyl (C=O) groups excluding carboxylic acids is 18. The fourth-order valence-electron chi connectivity index (χ4n) is 17.0. The molecule has 1 aromatic heterocycles. The molecule has 15 atom stereocenters. The SMILES string of the molecule is CNC(=O)c1cn([C@H]2C[C@@H](C(=O)N[C@@H](CCC(N)=O)C(=O)N3CCC[C@H]3C(=O)N[C@@H](CCC(=O)O)C(=O)N[C@@H](CC(C)C)C(=O)N3CCC[C@H]3C(=O)N[C@@H](Cc3ccc(O)cc3)C(=O)N3CCC[C@H]3C(=O)N[C@@H](CCC(N)=O)C(=O)O)N(C(=O)[C@H](Cc3ccccc3)NC(=O)[C@@H]3CCCN3C(=O)[C@H](CCC(N)=O)NC(=O)[C@H](CC(C)C)NC(=O)[C@@H]3CCC(=O)N3)C2)nn1. The van der Waals surface area contributed by atoms with E-state index in [4.69, 9.17) is 17.2 Å². The van der Waals surface area contributed by atoms with E-state index >= 15 is 24.0 Å². The zero-order valence-electron chi connectivity index (χ0n) is 72.2. The fraction of sp³-hybridized carbons (Fsp3) is 0.595. The van der Waals surface area contributed by atoms with Gasteiger partial charge in [0.15, 0.2) is 5.69 Å². The Morgan fingerprint density at radius 3 is 1.30 bits per heavy atom. The zero-order valence-corrected chi connectivity index (χ0v) is 72.2. The average Bonchev–Trinajstić information content (AvgIpc) is 1.63. The number of hydrogen-bond acceptors (Lipinski definition) is 23. The van der Waals surface area contributed by atoms with E-state index in [9.17, 15) is 87.2 Å². The molecule has 696 valence electrons. The van der Waals surface area contributed by atoms with Crippen LogP contribution in [-0.2, 0) is 104 Å². The van der Waals surface area contributed by atoms with Crippen molar-refractivity contribution in [3.05, 3.63) is 77.6 Å². The fourth-order valence-corrected chi connectivity index (χ4v) is 17.0. The summed E-state index contributed by atoms with van der Waals surface area (Å²) in [5.74, 6) is -18.1. The molecule has 44 heteroatoms. The number of rotatable bonds is 44. The molecule has 18 amide bonds. The van der Waals surface area contributed by atoms with Gasteiger partial charge >= 0.3 is 11.9 Å². The molecule has 0 aliphatic carbocycles. The minimum Gasteiger partial charge on any atom is -0.508 e.